The van der Waals surface area contributed by atoms with Gasteiger partial charge in [-0.2, -0.15) is 18.5 Å². The number of rotatable bonds is 1. The lowest BCUT2D eigenvalue weighted by molar-refractivity contribution is -0.113. The summed E-state index contributed by atoms with van der Waals surface area (Å²) in [5, 5.41) is 4.41. The third-order valence-corrected chi connectivity index (χ3v) is 2.19. The van der Waals surface area contributed by atoms with E-state index in [9.17, 15) is 18.0 Å². The Morgan fingerprint density at radius 2 is 2.20 bits per heavy atom. The molecule has 1 atom stereocenters. The second-order valence-corrected chi connectivity index (χ2v) is 3.36. The molecule has 9 heteroatoms. The van der Waals surface area contributed by atoms with E-state index in [4.69, 9.17) is 0 Å². The van der Waals surface area contributed by atoms with Gasteiger partial charge in [0.2, 0.25) is 0 Å². The van der Waals surface area contributed by atoms with E-state index in [1.54, 1.807) is 14.0 Å². The highest BCUT2D eigenvalue weighted by atomic mass is 32.2. The number of likely N-dealkylation sites (N-methyl/N-ethyl adjacent to an activating group) is 1. The molecule has 0 radical (unpaired) electrons. The van der Waals surface area contributed by atoms with E-state index < -0.39 is 22.7 Å². The Labute approximate surface area is 86.9 Å². The summed E-state index contributed by atoms with van der Waals surface area (Å²) in [6.45, 7) is 1.58. The van der Waals surface area contributed by atoms with Crippen molar-refractivity contribution < 1.29 is 18.0 Å². The molecule has 0 aromatic rings. The second kappa shape index (κ2) is 4.17. The molecule has 1 heterocycles. The first kappa shape index (κ1) is 11.3. The first-order valence-electron chi connectivity index (χ1n) is 3.85. The van der Waals surface area contributed by atoms with E-state index >= 15 is 0 Å². The van der Waals surface area contributed by atoms with Crippen LogP contribution in [0.3, 0.4) is 0 Å². The minimum Gasteiger partial charge on any atom is -0.334 e. The van der Waals surface area contributed by atoms with Gasteiger partial charge in [-0.15, -0.1) is 0 Å². The molecule has 1 aliphatic rings. The molecule has 0 spiro atoms. The Hall–Kier alpha value is -1.77. The average Bonchev–Trinajstić information content (AvgIpc) is 2.42. The van der Waals surface area contributed by atoms with Gasteiger partial charge in [0, 0.05) is 7.05 Å². The summed E-state index contributed by atoms with van der Waals surface area (Å²) in [5.74, 6) is 0.423. The fourth-order valence-electron chi connectivity index (χ4n) is 1.05. The van der Waals surface area contributed by atoms with Gasteiger partial charge in [0.05, 0.1) is 0 Å². The van der Waals surface area contributed by atoms with Crippen molar-refractivity contribution in [2.24, 2.45) is 9.46 Å². The van der Waals surface area contributed by atoms with Crippen LogP contribution in [0.2, 0.25) is 0 Å². The normalized spacial score (nSPS) is 19.9. The molecule has 0 aromatic carbocycles. The predicted octanol–water partition coefficient (Wildman–Crippen LogP) is -0.725. The zero-order chi connectivity index (χ0) is 11.6. The topological polar surface area (TPSA) is 99.5 Å². The van der Waals surface area contributed by atoms with Gasteiger partial charge >= 0.3 is 16.5 Å². The lowest BCUT2D eigenvalue weighted by Gasteiger charge is -2.19. The quantitative estimate of drug-likeness (QED) is 0.555. The standard InChI is InChI=1S/C6H8N4O4S/c1-4-7-10(5(3-11)9(4)2)6(12)8-15(13)14/h3,5H,1-2H3. The van der Waals surface area contributed by atoms with E-state index in [0.29, 0.717) is 17.1 Å². The third kappa shape index (κ3) is 2.18. The van der Waals surface area contributed by atoms with Gasteiger partial charge in [-0.05, 0) is 6.92 Å². The molecule has 0 bridgehead atoms. The van der Waals surface area contributed by atoms with Crippen LogP contribution in [0.1, 0.15) is 6.92 Å². The monoisotopic (exact) mass is 232 g/mol. The van der Waals surface area contributed by atoms with Gasteiger partial charge in [-0.1, -0.05) is 4.36 Å². The van der Waals surface area contributed by atoms with Crippen molar-refractivity contribution in [3.8, 4) is 0 Å². The second-order valence-electron chi connectivity index (χ2n) is 2.74. The number of hydrazone groups is 1. The van der Waals surface area contributed by atoms with Crippen LogP contribution in [-0.4, -0.2) is 49.7 Å². The molecule has 0 fully saturated rings. The Bertz CT molecular complexity index is 446. The van der Waals surface area contributed by atoms with Crippen LogP contribution in [0.25, 0.3) is 0 Å². The molecule has 82 valence electrons. The maximum atomic E-state index is 11.2. The minimum atomic E-state index is -2.85. The fraction of sp³-hybridized carbons (Fsp3) is 0.500. The van der Waals surface area contributed by atoms with E-state index in [-0.39, 0.29) is 0 Å². The predicted molar refractivity (Wildman–Crippen MR) is 49.3 cm³/mol. The molecular formula is C6H8N4O4S. The first-order valence-corrected chi connectivity index (χ1v) is 4.88. The fourth-order valence-corrected chi connectivity index (χ4v) is 1.26. The van der Waals surface area contributed by atoms with Gasteiger partial charge in [-0.25, -0.2) is 4.79 Å². The number of nitrogens with zero attached hydrogens (tertiary/aromatic N) is 4. The number of carbonyl (C=O) groups excluding carboxylic acids is 2. The minimum absolute atomic E-state index is 0.423. The van der Waals surface area contributed by atoms with Crippen LogP contribution in [0.5, 0.6) is 0 Å². The molecule has 1 rings (SSSR count). The van der Waals surface area contributed by atoms with Crippen molar-refractivity contribution >= 4 is 28.7 Å². The van der Waals surface area contributed by atoms with E-state index in [1.807, 2.05) is 0 Å². The number of amides is 2. The molecule has 2 amide bonds. The van der Waals surface area contributed by atoms with Crippen LogP contribution in [-0.2, 0) is 15.3 Å². The van der Waals surface area contributed by atoms with Crippen LogP contribution in [0.15, 0.2) is 9.46 Å². The summed E-state index contributed by atoms with van der Waals surface area (Å²) in [4.78, 5) is 23.3. The highest BCUT2D eigenvalue weighted by molar-refractivity contribution is 7.62. The number of carbonyl (C=O) groups is 2. The first-order chi connectivity index (χ1) is 6.97. The van der Waals surface area contributed by atoms with Crippen molar-refractivity contribution in [1.29, 1.82) is 0 Å². The molecule has 0 saturated heterocycles. The van der Waals surface area contributed by atoms with Crippen molar-refractivity contribution in [2.45, 2.75) is 13.1 Å². The summed E-state index contributed by atoms with van der Waals surface area (Å²) < 4.78 is 23.1. The SMILES string of the molecule is CC1=NN(C(=O)N=S(=O)=O)C(C=O)N1C. The molecule has 0 aromatic heterocycles. The van der Waals surface area contributed by atoms with Gasteiger partial charge < -0.3 is 4.90 Å². The smallest absolute Gasteiger partial charge is 0.334 e. The highest BCUT2D eigenvalue weighted by Gasteiger charge is 2.33. The van der Waals surface area contributed by atoms with Crippen molar-refractivity contribution in [2.75, 3.05) is 7.05 Å². The highest BCUT2D eigenvalue weighted by Crippen LogP contribution is 2.13. The van der Waals surface area contributed by atoms with E-state index in [1.165, 1.54) is 4.90 Å². The summed E-state index contributed by atoms with van der Waals surface area (Å²) >= 11 is 0. The molecule has 1 unspecified atom stereocenters. The average molecular weight is 232 g/mol. The van der Waals surface area contributed by atoms with E-state index in [0.717, 1.165) is 0 Å². The molecule has 0 aliphatic carbocycles. The van der Waals surface area contributed by atoms with Gasteiger partial charge in [0.15, 0.2) is 12.5 Å². The molecule has 1 aliphatic heterocycles. The largest absolute Gasteiger partial charge is 0.381 e. The van der Waals surface area contributed by atoms with Gasteiger partial charge in [-0.3, -0.25) is 4.79 Å². The van der Waals surface area contributed by atoms with Gasteiger partial charge in [0.1, 0.15) is 5.84 Å². The van der Waals surface area contributed by atoms with E-state index in [2.05, 4.69) is 9.46 Å². The zero-order valence-electron chi connectivity index (χ0n) is 7.98. The summed E-state index contributed by atoms with van der Waals surface area (Å²) in [7, 11) is -1.30. The van der Waals surface area contributed by atoms with Crippen molar-refractivity contribution in [1.82, 2.24) is 9.91 Å². The number of aldehydes is 1. The summed E-state index contributed by atoms with van der Waals surface area (Å²) in [6.07, 6.45) is -0.467. The zero-order valence-corrected chi connectivity index (χ0v) is 8.80. The summed E-state index contributed by atoms with van der Waals surface area (Å²) in [5.41, 5.74) is 0. The Balaban J connectivity index is 3.01. The van der Waals surface area contributed by atoms with Crippen LogP contribution in [0.4, 0.5) is 4.79 Å². The van der Waals surface area contributed by atoms with Crippen molar-refractivity contribution in [3.05, 3.63) is 0 Å². The maximum Gasteiger partial charge on any atom is 0.381 e. The third-order valence-electron chi connectivity index (χ3n) is 1.88. The molecule has 0 N–H and O–H groups in total. The Morgan fingerprint density at radius 1 is 1.60 bits per heavy atom. The molecule has 0 saturated carbocycles. The Morgan fingerprint density at radius 3 is 2.67 bits per heavy atom. The van der Waals surface area contributed by atoms with Crippen LogP contribution in [0, 0.1) is 0 Å². The van der Waals surface area contributed by atoms with Crippen LogP contribution < -0.4 is 0 Å². The number of urea groups is 1. The Kier molecular flexibility index (Phi) is 3.14. The molecule has 15 heavy (non-hydrogen) atoms. The lowest BCUT2D eigenvalue weighted by Crippen LogP contribution is -2.42. The molecular weight excluding hydrogens is 224 g/mol. The number of amidine groups is 1. The summed E-state index contributed by atoms with van der Waals surface area (Å²) in [6, 6.07) is -1.09. The van der Waals surface area contributed by atoms with Crippen molar-refractivity contribution in [3.63, 3.8) is 0 Å². The number of hydrogen-bond acceptors (Lipinski definition) is 6. The maximum absolute atomic E-state index is 11.2. The van der Waals surface area contributed by atoms with Gasteiger partial charge in [0.25, 0.3) is 0 Å². The van der Waals surface area contributed by atoms with Crippen LogP contribution >= 0.6 is 0 Å². The molecule has 8 nitrogen and oxygen atoms in total. The lowest BCUT2D eigenvalue weighted by atomic mass is 10.4. The number of hydrogen-bond donors (Lipinski definition) is 0.